The van der Waals surface area contributed by atoms with E-state index in [1.165, 1.54) is 6.42 Å². The Bertz CT molecular complexity index is 564. The van der Waals surface area contributed by atoms with Gasteiger partial charge in [0, 0.05) is 51.0 Å². The Morgan fingerprint density at radius 3 is 2.65 bits per heavy atom. The molecule has 148 valence electrons. The number of piperazine rings is 1. The second-order valence-corrected chi connectivity index (χ2v) is 7.01. The van der Waals surface area contributed by atoms with Crippen LogP contribution >= 0.6 is 24.8 Å². The molecule has 1 aromatic heterocycles. The minimum Gasteiger partial charge on any atom is -0.354 e. The topological polar surface area (TPSA) is 51.7 Å². The molecule has 2 aliphatic rings. The molecule has 1 unspecified atom stereocenters. The molecule has 0 radical (unpaired) electrons. The number of hydrogen-bond donors (Lipinski definition) is 1. The molecule has 2 saturated heterocycles. The molecule has 2 fully saturated rings. The minimum absolute atomic E-state index is 0. The van der Waals surface area contributed by atoms with Gasteiger partial charge >= 0.3 is 0 Å². The zero-order valence-corrected chi connectivity index (χ0v) is 17.3. The summed E-state index contributed by atoms with van der Waals surface area (Å²) in [6.07, 6.45) is 4.07. The van der Waals surface area contributed by atoms with Gasteiger partial charge in [-0.15, -0.1) is 24.8 Å². The normalized spacial score (nSPS) is 20.9. The van der Waals surface area contributed by atoms with E-state index in [0.717, 1.165) is 63.6 Å². The number of rotatable bonds is 4. The average molecular weight is 404 g/mol. The summed E-state index contributed by atoms with van der Waals surface area (Å²) in [7, 11) is 4.12. The quantitative estimate of drug-likeness (QED) is 0.829. The van der Waals surface area contributed by atoms with Gasteiger partial charge in [0.1, 0.15) is 5.82 Å². The van der Waals surface area contributed by atoms with Crippen molar-refractivity contribution in [2.24, 2.45) is 5.92 Å². The number of likely N-dealkylation sites (N-methyl/N-ethyl adjacent to an activating group) is 1. The molecule has 0 bridgehead atoms. The first-order valence-corrected chi connectivity index (χ1v) is 9.01. The minimum atomic E-state index is 0. The lowest BCUT2D eigenvalue weighted by Gasteiger charge is -2.34. The number of nitrogens with one attached hydrogen (secondary N) is 1. The predicted octanol–water partition coefficient (Wildman–Crippen LogP) is 1.75. The predicted molar refractivity (Wildman–Crippen MR) is 111 cm³/mol. The molecule has 6 nitrogen and oxygen atoms in total. The summed E-state index contributed by atoms with van der Waals surface area (Å²) in [4.78, 5) is 24.0. The number of pyridine rings is 1. The maximum Gasteiger partial charge on any atom is 0.254 e. The number of piperidine rings is 1. The van der Waals surface area contributed by atoms with Crippen LogP contribution in [0.2, 0.25) is 0 Å². The summed E-state index contributed by atoms with van der Waals surface area (Å²) in [5.74, 6) is 1.64. The van der Waals surface area contributed by atoms with Crippen molar-refractivity contribution < 1.29 is 4.79 Å². The molecule has 3 rings (SSSR count). The molecule has 8 heteroatoms. The highest BCUT2D eigenvalue weighted by atomic mass is 35.5. The largest absolute Gasteiger partial charge is 0.354 e. The van der Waals surface area contributed by atoms with E-state index in [9.17, 15) is 4.79 Å². The fourth-order valence-corrected chi connectivity index (χ4v) is 3.65. The Hall–Kier alpha value is -1.08. The van der Waals surface area contributed by atoms with Crippen LogP contribution in [0.3, 0.4) is 0 Å². The zero-order valence-electron chi connectivity index (χ0n) is 15.7. The summed E-state index contributed by atoms with van der Waals surface area (Å²) >= 11 is 0. The van der Waals surface area contributed by atoms with Crippen LogP contribution in [0.4, 0.5) is 5.82 Å². The van der Waals surface area contributed by atoms with Crippen LogP contribution in [-0.2, 0) is 0 Å². The highest BCUT2D eigenvalue weighted by molar-refractivity contribution is 5.95. The van der Waals surface area contributed by atoms with Crippen LogP contribution in [0.1, 0.15) is 23.2 Å². The third-order valence-corrected chi connectivity index (χ3v) is 5.12. The van der Waals surface area contributed by atoms with Gasteiger partial charge in [-0.2, -0.15) is 0 Å². The van der Waals surface area contributed by atoms with E-state index < -0.39 is 0 Å². The zero-order chi connectivity index (χ0) is 16.9. The molecule has 1 N–H and O–H groups in total. The summed E-state index contributed by atoms with van der Waals surface area (Å²) in [6.45, 7) is 6.71. The number of hydrogen-bond acceptors (Lipinski definition) is 5. The van der Waals surface area contributed by atoms with Crippen LogP contribution in [0.15, 0.2) is 18.3 Å². The van der Waals surface area contributed by atoms with Gasteiger partial charge < -0.3 is 20.0 Å². The monoisotopic (exact) mass is 403 g/mol. The summed E-state index contributed by atoms with van der Waals surface area (Å²) < 4.78 is 0. The Morgan fingerprint density at radius 1 is 1.23 bits per heavy atom. The Kier molecular flexibility index (Phi) is 9.64. The Morgan fingerprint density at radius 2 is 1.96 bits per heavy atom. The smallest absolute Gasteiger partial charge is 0.254 e. The molecule has 0 aromatic carbocycles. The van der Waals surface area contributed by atoms with Crippen LogP contribution in [0.25, 0.3) is 0 Å². The molecule has 1 aromatic rings. The second-order valence-electron chi connectivity index (χ2n) is 7.01. The van der Waals surface area contributed by atoms with Crippen molar-refractivity contribution in [2.75, 3.05) is 64.8 Å². The van der Waals surface area contributed by atoms with E-state index in [2.05, 4.69) is 27.1 Å². The lowest BCUT2D eigenvalue weighted by atomic mass is 9.97. The van der Waals surface area contributed by atoms with Gasteiger partial charge in [-0.1, -0.05) is 0 Å². The number of amides is 1. The van der Waals surface area contributed by atoms with Gasteiger partial charge in [-0.25, -0.2) is 4.98 Å². The van der Waals surface area contributed by atoms with Crippen molar-refractivity contribution in [3.63, 3.8) is 0 Å². The number of aromatic nitrogens is 1. The molecule has 1 atom stereocenters. The van der Waals surface area contributed by atoms with Gasteiger partial charge in [0.05, 0.1) is 0 Å². The van der Waals surface area contributed by atoms with Gasteiger partial charge in [-0.05, 0) is 51.5 Å². The van der Waals surface area contributed by atoms with E-state index in [4.69, 9.17) is 0 Å². The van der Waals surface area contributed by atoms with Gasteiger partial charge in [0.25, 0.3) is 5.91 Å². The van der Waals surface area contributed by atoms with E-state index in [-0.39, 0.29) is 30.7 Å². The number of carbonyl (C=O) groups excluding carboxylic acids is 1. The SMILES string of the molecule is CNCC1CCCN(C(=O)c2ccnc(N3CCN(C)CC3)c2)C1.Cl.Cl. The van der Waals surface area contributed by atoms with E-state index in [1.807, 2.05) is 24.1 Å². The lowest BCUT2D eigenvalue weighted by Crippen LogP contribution is -2.45. The second kappa shape index (κ2) is 10.9. The maximum atomic E-state index is 12.9. The number of carbonyl (C=O) groups is 1. The number of nitrogens with zero attached hydrogens (tertiary/aromatic N) is 4. The summed E-state index contributed by atoms with van der Waals surface area (Å²) in [5.41, 5.74) is 0.768. The van der Waals surface area contributed by atoms with Crippen LogP contribution in [0, 0.1) is 5.92 Å². The molecular weight excluding hydrogens is 373 g/mol. The molecule has 1 amide bonds. The lowest BCUT2D eigenvalue weighted by molar-refractivity contribution is 0.0674. The Labute approximate surface area is 169 Å². The number of likely N-dealkylation sites (tertiary alicyclic amines) is 1. The fraction of sp³-hybridized carbons (Fsp3) is 0.667. The third kappa shape index (κ3) is 5.71. The van der Waals surface area contributed by atoms with E-state index >= 15 is 0 Å². The van der Waals surface area contributed by atoms with Crippen LogP contribution in [-0.4, -0.2) is 80.6 Å². The standard InChI is InChI=1S/C18H29N5O.2ClH/c1-19-13-15-4-3-7-23(14-15)18(24)16-5-6-20-17(12-16)22-10-8-21(2)9-11-22;;/h5-6,12,15,19H,3-4,7-11,13-14H2,1-2H3;2*1H. The Balaban J connectivity index is 0.00000169. The molecule has 26 heavy (non-hydrogen) atoms. The average Bonchev–Trinajstić information content (AvgIpc) is 2.62. The van der Waals surface area contributed by atoms with Gasteiger partial charge in [0.2, 0.25) is 0 Å². The first kappa shape index (κ1) is 23.0. The fourth-order valence-electron chi connectivity index (χ4n) is 3.65. The molecule has 0 aliphatic carbocycles. The molecule has 3 heterocycles. The number of anilines is 1. The van der Waals surface area contributed by atoms with Crippen molar-refractivity contribution in [1.82, 2.24) is 20.1 Å². The molecule has 0 saturated carbocycles. The van der Waals surface area contributed by atoms with Crippen molar-refractivity contribution in [2.45, 2.75) is 12.8 Å². The van der Waals surface area contributed by atoms with Crippen molar-refractivity contribution in [1.29, 1.82) is 0 Å². The highest BCUT2D eigenvalue weighted by Gasteiger charge is 2.25. The van der Waals surface area contributed by atoms with Crippen LogP contribution < -0.4 is 10.2 Å². The van der Waals surface area contributed by atoms with Crippen molar-refractivity contribution in [3.05, 3.63) is 23.9 Å². The first-order chi connectivity index (χ1) is 11.7. The maximum absolute atomic E-state index is 12.9. The van der Waals surface area contributed by atoms with Crippen molar-refractivity contribution in [3.8, 4) is 0 Å². The highest BCUT2D eigenvalue weighted by Crippen LogP contribution is 2.20. The molecule has 2 aliphatic heterocycles. The van der Waals surface area contributed by atoms with E-state index in [0.29, 0.717) is 5.92 Å². The van der Waals surface area contributed by atoms with Crippen LogP contribution in [0.5, 0.6) is 0 Å². The molecular formula is C18H31Cl2N5O. The summed E-state index contributed by atoms with van der Waals surface area (Å²) in [6, 6.07) is 3.82. The third-order valence-electron chi connectivity index (χ3n) is 5.12. The van der Waals surface area contributed by atoms with E-state index in [1.54, 1.807) is 6.20 Å². The first-order valence-electron chi connectivity index (χ1n) is 9.01. The van der Waals surface area contributed by atoms with Gasteiger partial charge in [0.15, 0.2) is 0 Å². The molecule has 0 spiro atoms. The summed E-state index contributed by atoms with van der Waals surface area (Å²) in [5, 5.41) is 3.23. The van der Waals surface area contributed by atoms with Gasteiger partial charge in [-0.3, -0.25) is 4.79 Å². The number of halogens is 2. The van der Waals surface area contributed by atoms with Crippen molar-refractivity contribution >= 4 is 36.5 Å².